The quantitative estimate of drug-likeness (QED) is 0.550. The third-order valence-corrected chi connectivity index (χ3v) is 3.60. The molecule has 0 fully saturated rings. The molecule has 1 nitrogen and oxygen atoms in total. The molecular weight excluding hydrogens is 267 g/mol. The van der Waals surface area contributed by atoms with Crippen LogP contribution in [0, 0.1) is 0 Å². The smallest absolute Gasteiger partial charge is 0.0564 e. The standard InChI is InChI=1S/C5H7O.C4H10.C2H5.Sn/c1-4-6-5(2)3;1-3-4-2;1-2;/h1-2H2,3H3;3-4H2,1-2H3;1H2,2H3;. The van der Waals surface area contributed by atoms with Crippen molar-refractivity contribution in [2.24, 2.45) is 0 Å². The van der Waals surface area contributed by atoms with E-state index < -0.39 is 21.1 Å². The average Bonchev–Trinajstić information content (AvgIpc) is 2.04. The molecule has 0 aliphatic rings. The van der Waals surface area contributed by atoms with Gasteiger partial charge in [-0.3, -0.25) is 0 Å². The van der Waals surface area contributed by atoms with E-state index in [1.165, 1.54) is 17.3 Å². The SMILES string of the molecule is C=C(C)O[C](=C)[Sn][CH2]C.CCCC. The summed E-state index contributed by atoms with van der Waals surface area (Å²) in [7, 11) is 0. The second-order valence-corrected chi connectivity index (χ2v) is 7.38. The molecule has 76 valence electrons. The number of hydrogen-bond donors (Lipinski definition) is 0. The summed E-state index contributed by atoms with van der Waals surface area (Å²) >= 11 is -0.420. The summed E-state index contributed by atoms with van der Waals surface area (Å²) in [6.45, 7) is 15.8. The maximum Gasteiger partial charge on any atom is -0.0564 e. The Bertz CT molecular complexity index is 139. The van der Waals surface area contributed by atoms with Crippen LogP contribution in [0.2, 0.25) is 4.44 Å². The molecule has 0 aromatic rings. The third kappa shape index (κ3) is 18.8. The molecule has 0 atom stereocenters. The van der Waals surface area contributed by atoms with Crippen molar-refractivity contribution < 1.29 is 4.74 Å². The molecule has 0 aliphatic heterocycles. The Morgan fingerprint density at radius 2 is 1.62 bits per heavy atom. The fraction of sp³-hybridized carbons (Fsp3) is 0.636. The zero-order chi connectivity index (χ0) is 10.7. The van der Waals surface area contributed by atoms with Crippen LogP contribution in [0.4, 0.5) is 0 Å². The Labute approximate surface area is 93.5 Å². The van der Waals surface area contributed by atoms with Crippen LogP contribution in [0.1, 0.15) is 40.5 Å². The molecule has 2 heteroatoms. The molecule has 0 N–H and O–H groups in total. The van der Waals surface area contributed by atoms with E-state index in [4.69, 9.17) is 4.74 Å². The monoisotopic (exact) mass is 290 g/mol. The molecule has 0 unspecified atom stereocenters. The van der Waals surface area contributed by atoms with Gasteiger partial charge in [-0.1, -0.05) is 26.7 Å². The van der Waals surface area contributed by atoms with Crippen LogP contribution in [-0.4, -0.2) is 21.1 Å². The van der Waals surface area contributed by atoms with Gasteiger partial charge in [0.2, 0.25) is 0 Å². The number of ether oxygens (including phenoxy) is 1. The first-order valence-electron chi connectivity index (χ1n) is 4.84. The maximum atomic E-state index is 5.18. The molecule has 0 heterocycles. The first-order chi connectivity index (χ1) is 6.08. The van der Waals surface area contributed by atoms with Gasteiger partial charge in [0.05, 0.1) is 0 Å². The van der Waals surface area contributed by atoms with Crippen molar-refractivity contribution in [3.8, 4) is 0 Å². The Morgan fingerprint density at radius 3 is 1.85 bits per heavy atom. The Morgan fingerprint density at radius 1 is 1.15 bits per heavy atom. The van der Waals surface area contributed by atoms with Crippen LogP contribution in [0.15, 0.2) is 22.7 Å². The molecule has 0 saturated carbocycles. The topological polar surface area (TPSA) is 9.23 Å². The van der Waals surface area contributed by atoms with Gasteiger partial charge in [-0.25, -0.2) is 0 Å². The van der Waals surface area contributed by atoms with Crippen LogP contribution >= 0.6 is 0 Å². The Balaban J connectivity index is 0. The summed E-state index contributed by atoms with van der Waals surface area (Å²) in [4.78, 5) is 0. The molecule has 0 aromatic heterocycles. The Kier molecular flexibility index (Phi) is 14.4. The van der Waals surface area contributed by atoms with Gasteiger partial charge >= 0.3 is 66.9 Å². The van der Waals surface area contributed by atoms with Gasteiger partial charge in [-0.2, -0.15) is 0 Å². The molecule has 13 heavy (non-hydrogen) atoms. The van der Waals surface area contributed by atoms with E-state index in [-0.39, 0.29) is 0 Å². The predicted octanol–water partition coefficient (Wildman–Crippen LogP) is 3.96. The van der Waals surface area contributed by atoms with Crippen molar-refractivity contribution in [1.82, 2.24) is 0 Å². The van der Waals surface area contributed by atoms with Crippen molar-refractivity contribution in [3.05, 3.63) is 22.7 Å². The van der Waals surface area contributed by atoms with Gasteiger partial charge in [0.15, 0.2) is 0 Å². The van der Waals surface area contributed by atoms with Crippen molar-refractivity contribution in [2.75, 3.05) is 0 Å². The van der Waals surface area contributed by atoms with E-state index >= 15 is 0 Å². The predicted molar refractivity (Wildman–Crippen MR) is 61.9 cm³/mol. The van der Waals surface area contributed by atoms with Gasteiger partial charge in [0.25, 0.3) is 0 Å². The largest absolute Gasteiger partial charge is 0.0654 e. The van der Waals surface area contributed by atoms with Crippen LogP contribution in [0.25, 0.3) is 0 Å². The summed E-state index contributed by atoms with van der Waals surface area (Å²) in [5, 5.41) is 0. The van der Waals surface area contributed by atoms with E-state index in [2.05, 4.69) is 33.9 Å². The fourth-order valence-corrected chi connectivity index (χ4v) is 2.27. The molecule has 0 aromatic carbocycles. The summed E-state index contributed by atoms with van der Waals surface area (Å²) in [5.41, 5.74) is 0. The minimum Gasteiger partial charge on any atom is -0.0654 e. The van der Waals surface area contributed by atoms with Gasteiger partial charge < -0.3 is 0 Å². The molecule has 0 spiro atoms. The van der Waals surface area contributed by atoms with Gasteiger partial charge in [-0.05, 0) is 0 Å². The minimum absolute atomic E-state index is 0.420. The second-order valence-electron chi connectivity index (χ2n) is 2.76. The minimum atomic E-state index is -0.420. The zero-order valence-electron chi connectivity index (χ0n) is 9.44. The second kappa shape index (κ2) is 12.1. The van der Waals surface area contributed by atoms with Crippen molar-refractivity contribution in [2.45, 2.75) is 45.0 Å². The third-order valence-electron chi connectivity index (χ3n) is 1.17. The average molecular weight is 289 g/mol. The Hall–Kier alpha value is 0.0787. The zero-order valence-corrected chi connectivity index (χ0v) is 12.3. The summed E-state index contributed by atoms with van der Waals surface area (Å²) in [6.07, 6.45) is 2.64. The molecule has 0 aliphatic carbocycles. The van der Waals surface area contributed by atoms with Crippen molar-refractivity contribution >= 4 is 21.1 Å². The van der Waals surface area contributed by atoms with E-state index in [9.17, 15) is 0 Å². The van der Waals surface area contributed by atoms with E-state index in [0.717, 1.165) is 9.53 Å². The number of hydrogen-bond acceptors (Lipinski definition) is 1. The molecule has 0 rings (SSSR count). The maximum absolute atomic E-state index is 5.18. The number of rotatable bonds is 5. The normalized spacial score (nSPS) is 8.31. The molecule has 0 saturated heterocycles. The van der Waals surface area contributed by atoms with Crippen LogP contribution < -0.4 is 0 Å². The van der Waals surface area contributed by atoms with Gasteiger partial charge in [-0.15, -0.1) is 0 Å². The molecule has 0 amide bonds. The van der Waals surface area contributed by atoms with Crippen molar-refractivity contribution in [3.63, 3.8) is 0 Å². The summed E-state index contributed by atoms with van der Waals surface area (Å²) in [6, 6.07) is 0. The van der Waals surface area contributed by atoms with E-state index in [1.807, 2.05) is 6.92 Å². The molecular formula is C11H22OSn. The van der Waals surface area contributed by atoms with E-state index in [1.54, 1.807) is 0 Å². The van der Waals surface area contributed by atoms with E-state index in [0.29, 0.717) is 0 Å². The fourth-order valence-electron chi connectivity index (χ4n) is 0.444. The van der Waals surface area contributed by atoms with Gasteiger partial charge in [0, 0.05) is 0 Å². The van der Waals surface area contributed by atoms with Gasteiger partial charge in [0.1, 0.15) is 0 Å². The first-order valence-corrected chi connectivity index (χ1v) is 8.29. The van der Waals surface area contributed by atoms with Crippen molar-refractivity contribution in [1.29, 1.82) is 0 Å². The van der Waals surface area contributed by atoms with Crippen LogP contribution in [-0.2, 0) is 4.74 Å². The molecule has 2 radical (unpaired) electrons. The molecule has 0 bridgehead atoms. The van der Waals surface area contributed by atoms with Crippen LogP contribution in [0.5, 0.6) is 0 Å². The summed E-state index contributed by atoms with van der Waals surface area (Å²) < 4.78 is 7.40. The summed E-state index contributed by atoms with van der Waals surface area (Å²) in [5.74, 6) is 0.759. The number of allylic oxidation sites excluding steroid dienone is 1. The first kappa shape index (κ1) is 15.5. The van der Waals surface area contributed by atoms with Crippen LogP contribution in [0.3, 0.4) is 0 Å². The number of unbranched alkanes of at least 4 members (excludes halogenated alkanes) is 1.